The first-order chi connectivity index (χ1) is 11.1. The Kier molecular flexibility index (Phi) is 10.0. The summed E-state index contributed by atoms with van der Waals surface area (Å²) in [5.74, 6) is -3.75. The molecule has 0 bridgehead atoms. The Morgan fingerprint density at radius 3 is 2.00 bits per heavy atom. The molecular weight excluding hydrogens is 338 g/mol. The minimum absolute atomic E-state index is 0.182. The Labute approximate surface area is 144 Å². The molecule has 24 heavy (non-hydrogen) atoms. The zero-order valence-electron chi connectivity index (χ0n) is 13.9. The molecule has 2 amide bonds. The third-order valence-corrected chi connectivity index (χ3v) is 3.90. The van der Waals surface area contributed by atoms with Crippen LogP contribution in [0.1, 0.15) is 26.7 Å². The van der Waals surface area contributed by atoms with E-state index in [0.29, 0.717) is 5.75 Å². The van der Waals surface area contributed by atoms with Crippen molar-refractivity contribution in [3.8, 4) is 0 Å². The number of hydrogen-bond donors (Lipinski definition) is 5. The fraction of sp³-hybridized carbons (Fsp3) is 0.714. The topological polar surface area (TPSA) is 159 Å². The quantitative estimate of drug-likeness (QED) is 0.321. The maximum atomic E-state index is 12.2. The lowest BCUT2D eigenvalue weighted by molar-refractivity contribution is -0.143. The van der Waals surface area contributed by atoms with Crippen molar-refractivity contribution in [1.29, 1.82) is 0 Å². The molecule has 0 aliphatic carbocycles. The first-order valence-electron chi connectivity index (χ1n) is 7.40. The van der Waals surface area contributed by atoms with Crippen molar-refractivity contribution in [1.82, 2.24) is 10.6 Å². The summed E-state index contributed by atoms with van der Waals surface area (Å²) in [7, 11) is 0. The van der Waals surface area contributed by atoms with Crippen molar-refractivity contribution < 1.29 is 29.4 Å². The number of aliphatic carboxylic acids is 2. The number of amides is 2. The molecule has 138 valence electrons. The summed E-state index contributed by atoms with van der Waals surface area (Å²) < 4.78 is 0. The lowest BCUT2D eigenvalue weighted by Gasteiger charge is -2.22. The van der Waals surface area contributed by atoms with Gasteiger partial charge in [-0.2, -0.15) is 11.8 Å². The van der Waals surface area contributed by atoms with Gasteiger partial charge in [0.05, 0.1) is 12.5 Å². The predicted octanol–water partition coefficient (Wildman–Crippen LogP) is -0.748. The average molecular weight is 363 g/mol. The van der Waals surface area contributed by atoms with Crippen molar-refractivity contribution in [3.63, 3.8) is 0 Å². The highest BCUT2D eigenvalue weighted by atomic mass is 32.2. The van der Waals surface area contributed by atoms with Crippen LogP contribution in [0.25, 0.3) is 0 Å². The zero-order valence-corrected chi connectivity index (χ0v) is 14.8. The van der Waals surface area contributed by atoms with E-state index in [9.17, 15) is 19.2 Å². The lowest BCUT2D eigenvalue weighted by Crippen LogP contribution is -2.55. The largest absolute Gasteiger partial charge is 0.481 e. The third-order valence-electron chi connectivity index (χ3n) is 3.26. The standard InChI is InChI=1S/C14H25N3O6S/c1-7(2)11(15)13(21)17-9(6-10(18)19)12(20)16-8(14(22)23)4-5-24-3/h7-9,11H,4-6,15H2,1-3H3,(H,16,20)(H,17,21)(H,18,19)(H,22,23)/t8-,9-,11-/m0/s1. The van der Waals surface area contributed by atoms with E-state index in [2.05, 4.69) is 10.6 Å². The van der Waals surface area contributed by atoms with E-state index in [-0.39, 0.29) is 12.3 Å². The minimum atomic E-state index is -1.39. The molecule has 0 rings (SSSR count). The molecule has 10 heteroatoms. The fourth-order valence-electron chi connectivity index (χ4n) is 1.72. The maximum absolute atomic E-state index is 12.2. The van der Waals surface area contributed by atoms with Crippen molar-refractivity contribution in [2.45, 2.75) is 44.8 Å². The van der Waals surface area contributed by atoms with Crippen LogP contribution in [0, 0.1) is 5.92 Å². The van der Waals surface area contributed by atoms with Gasteiger partial charge in [-0.25, -0.2) is 4.79 Å². The van der Waals surface area contributed by atoms with Crippen LogP contribution in [0.4, 0.5) is 0 Å². The van der Waals surface area contributed by atoms with Crippen molar-refractivity contribution in [2.24, 2.45) is 11.7 Å². The second-order valence-electron chi connectivity index (χ2n) is 5.61. The van der Waals surface area contributed by atoms with Crippen LogP contribution in [0.3, 0.4) is 0 Å². The second kappa shape index (κ2) is 10.9. The first-order valence-corrected chi connectivity index (χ1v) is 8.79. The first kappa shape index (κ1) is 22.2. The van der Waals surface area contributed by atoms with Gasteiger partial charge in [0, 0.05) is 0 Å². The predicted molar refractivity (Wildman–Crippen MR) is 89.6 cm³/mol. The van der Waals surface area contributed by atoms with Gasteiger partial charge in [-0.3, -0.25) is 14.4 Å². The number of carboxylic acid groups (broad SMARTS) is 2. The molecule has 0 aliphatic heterocycles. The number of carboxylic acids is 2. The van der Waals surface area contributed by atoms with Gasteiger partial charge in [0.1, 0.15) is 12.1 Å². The minimum Gasteiger partial charge on any atom is -0.481 e. The molecule has 0 aliphatic rings. The van der Waals surface area contributed by atoms with Gasteiger partial charge in [-0.1, -0.05) is 13.8 Å². The fourth-order valence-corrected chi connectivity index (χ4v) is 2.19. The molecule has 3 atom stereocenters. The number of rotatable bonds is 11. The molecule has 0 spiro atoms. The Bertz CT molecular complexity index is 471. The van der Waals surface area contributed by atoms with Crippen LogP contribution in [0.5, 0.6) is 0 Å². The smallest absolute Gasteiger partial charge is 0.326 e. The Morgan fingerprint density at radius 1 is 1.04 bits per heavy atom. The van der Waals surface area contributed by atoms with Gasteiger partial charge in [0.15, 0.2) is 0 Å². The summed E-state index contributed by atoms with van der Waals surface area (Å²) in [4.78, 5) is 46.2. The number of thioether (sulfide) groups is 1. The number of hydrogen-bond acceptors (Lipinski definition) is 6. The summed E-state index contributed by atoms with van der Waals surface area (Å²) in [6, 6.07) is -3.45. The Hall–Kier alpha value is -1.81. The Morgan fingerprint density at radius 2 is 1.58 bits per heavy atom. The average Bonchev–Trinajstić information content (AvgIpc) is 2.48. The van der Waals surface area contributed by atoms with E-state index >= 15 is 0 Å². The van der Waals surface area contributed by atoms with Gasteiger partial charge in [-0.15, -0.1) is 0 Å². The van der Waals surface area contributed by atoms with Crippen LogP contribution in [0.15, 0.2) is 0 Å². The molecule has 6 N–H and O–H groups in total. The van der Waals surface area contributed by atoms with Crippen LogP contribution in [-0.2, 0) is 19.2 Å². The number of nitrogens with one attached hydrogen (secondary N) is 2. The molecule has 0 radical (unpaired) electrons. The van der Waals surface area contributed by atoms with E-state index < -0.39 is 48.3 Å². The molecule has 0 aromatic carbocycles. The van der Waals surface area contributed by atoms with E-state index in [1.807, 2.05) is 0 Å². The highest BCUT2D eigenvalue weighted by Gasteiger charge is 2.30. The summed E-state index contributed by atoms with van der Waals surface area (Å²) in [5, 5.41) is 22.5. The van der Waals surface area contributed by atoms with Gasteiger partial charge in [0.2, 0.25) is 11.8 Å². The SMILES string of the molecule is CSCC[C@H](NC(=O)[C@H](CC(=O)O)NC(=O)[C@@H](N)C(C)C)C(=O)O. The van der Waals surface area contributed by atoms with E-state index in [0.717, 1.165) is 0 Å². The lowest BCUT2D eigenvalue weighted by atomic mass is 10.0. The normalized spacial score (nSPS) is 14.5. The summed E-state index contributed by atoms with van der Waals surface area (Å²) in [6.45, 7) is 3.42. The van der Waals surface area contributed by atoms with Crippen molar-refractivity contribution in [3.05, 3.63) is 0 Å². The van der Waals surface area contributed by atoms with Crippen LogP contribution < -0.4 is 16.4 Å². The van der Waals surface area contributed by atoms with Crippen LogP contribution in [0.2, 0.25) is 0 Å². The van der Waals surface area contributed by atoms with Gasteiger partial charge in [0.25, 0.3) is 0 Å². The van der Waals surface area contributed by atoms with Crippen molar-refractivity contribution >= 4 is 35.5 Å². The molecule has 0 saturated heterocycles. The highest BCUT2D eigenvalue weighted by molar-refractivity contribution is 7.98. The zero-order chi connectivity index (χ0) is 18.9. The summed E-state index contributed by atoms with van der Waals surface area (Å²) in [5.41, 5.74) is 5.67. The third kappa shape index (κ3) is 8.16. The molecule has 0 unspecified atom stereocenters. The Balaban J connectivity index is 5.01. The van der Waals surface area contributed by atoms with E-state index in [1.54, 1.807) is 20.1 Å². The molecule has 9 nitrogen and oxygen atoms in total. The second-order valence-corrected chi connectivity index (χ2v) is 6.60. The highest BCUT2D eigenvalue weighted by Crippen LogP contribution is 2.04. The summed E-state index contributed by atoms with van der Waals surface area (Å²) in [6.07, 6.45) is 1.31. The maximum Gasteiger partial charge on any atom is 0.326 e. The number of carbonyl (C=O) groups excluding carboxylic acids is 2. The molecule has 0 aromatic heterocycles. The van der Waals surface area contributed by atoms with E-state index in [4.69, 9.17) is 15.9 Å². The van der Waals surface area contributed by atoms with Crippen molar-refractivity contribution in [2.75, 3.05) is 12.0 Å². The molecule has 0 heterocycles. The van der Waals surface area contributed by atoms with Gasteiger partial charge < -0.3 is 26.6 Å². The van der Waals surface area contributed by atoms with Crippen LogP contribution in [-0.4, -0.2) is 64.1 Å². The van der Waals surface area contributed by atoms with Crippen LogP contribution >= 0.6 is 11.8 Å². The molecule has 0 fully saturated rings. The van der Waals surface area contributed by atoms with Gasteiger partial charge >= 0.3 is 11.9 Å². The monoisotopic (exact) mass is 363 g/mol. The number of carbonyl (C=O) groups is 4. The van der Waals surface area contributed by atoms with E-state index in [1.165, 1.54) is 11.8 Å². The molecule has 0 saturated carbocycles. The summed E-state index contributed by atoms with van der Waals surface area (Å²) >= 11 is 1.42. The molecule has 0 aromatic rings. The number of nitrogens with two attached hydrogens (primary N) is 1. The molecular formula is C14H25N3O6S. The van der Waals surface area contributed by atoms with Gasteiger partial charge in [-0.05, 0) is 24.3 Å².